The molecule has 2 aromatic rings. The molecule has 26 heavy (non-hydrogen) atoms. The minimum absolute atomic E-state index is 0.190. The Kier molecular flexibility index (Phi) is 4.43. The molecule has 0 aromatic heterocycles. The summed E-state index contributed by atoms with van der Waals surface area (Å²) in [6, 6.07) is 16.7. The number of carbonyl (C=O) groups is 1. The molecule has 1 aliphatic heterocycles. The lowest BCUT2D eigenvalue weighted by Crippen LogP contribution is -2.37. The lowest BCUT2D eigenvalue weighted by molar-refractivity contribution is -0.142. The molecule has 0 saturated heterocycles. The highest BCUT2D eigenvalue weighted by molar-refractivity contribution is 5.78. The van der Waals surface area contributed by atoms with Gasteiger partial charge in [-0.05, 0) is 22.8 Å². The number of halogens is 1. The van der Waals surface area contributed by atoms with Gasteiger partial charge < -0.3 is 10.0 Å². The fourth-order valence-electron chi connectivity index (χ4n) is 3.30. The first-order valence-corrected chi connectivity index (χ1v) is 7.84. The number of aliphatic carboxylic acids is 1. The first kappa shape index (κ1) is 17.2. The summed E-state index contributed by atoms with van der Waals surface area (Å²) in [6.07, 6.45) is 0. The quantitative estimate of drug-likeness (QED) is 0.860. The van der Waals surface area contributed by atoms with Crippen molar-refractivity contribution in [1.82, 2.24) is 4.90 Å². The summed E-state index contributed by atoms with van der Waals surface area (Å²) >= 11 is 0. The SMILES string of the molecule is CN1C(F)=C(C#N)C(c2ccc(-c3ccccc3C#N)cc2)C1C(=O)O. The molecular weight excluding hydrogens is 333 g/mol. The number of hydrogen-bond donors (Lipinski definition) is 1. The van der Waals surface area contributed by atoms with Gasteiger partial charge in [0.05, 0.1) is 23.1 Å². The maximum absolute atomic E-state index is 14.3. The van der Waals surface area contributed by atoms with Crippen molar-refractivity contribution >= 4 is 5.97 Å². The van der Waals surface area contributed by atoms with E-state index < -0.39 is 23.9 Å². The van der Waals surface area contributed by atoms with Crippen LogP contribution in [-0.2, 0) is 4.79 Å². The maximum atomic E-state index is 14.3. The zero-order valence-electron chi connectivity index (χ0n) is 13.8. The van der Waals surface area contributed by atoms with Crippen LogP contribution in [0.15, 0.2) is 60.1 Å². The number of hydrogen-bond acceptors (Lipinski definition) is 4. The Morgan fingerprint density at radius 3 is 2.35 bits per heavy atom. The fourth-order valence-corrected chi connectivity index (χ4v) is 3.30. The molecule has 2 unspecified atom stereocenters. The second-order valence-corrected chi connectivity index (χ2v) is 5.97. The molecule has 128 valence electrons. The Bertz CT molecular complexity index is 983. The van der Waals surface area contributed by atoms with Gasteiger partial charge in [0.15, 0.2) is 0 Å². The van der Waals surface area contributed by atoms with Crippen molar-refractivity contribution in [2.75, 3.05) is 7.05 Å². The van der Waals surface area contributed by atoms with Gasteiger partial charge in [0.2, 0.25) is 5.95 Å². The maximum Gasteiger partial charge on any atom is 0.327 e. The summed E-state index contributed by atoms with van der Waals surface area (Å²) in [6.45, 7) is 0. The molecule has 1 aliphatic rings. The third-order valence-electron chi connectivity index (χ3n) is 4.58. The molecule has 6 heteroatoms. The molecule has 0 radical (unpaired) electrons. The largest absolute Gasteiger partial charge is 0.480 e. The van der Waals surface area contributed by atoms with E-state index in [0.717, 1.165) is 16.0 Å². The van der Waals surface area contributed by atoms with Crippen LogP contribution in [0.4, 0.5) is 4.39 Å². The predicted molar refractivity (Wildman–Crippen MR) is 92.3 cm³/mol. The number of carboxylic acids is 1. The van der Waals surface area contributed by atoms with Crippen molar-refractivity contribution in [2.45, 2.75) is 12.0 Å². The molecule has 0 spiro atoms. The zero-order chi connectivity index (χ0) is 18.8. The van der Waals surface area contributed by atoms with Crippen molar-refractivity contribution in [3.05, 3.63) is 71.2 Å². The molecule has 0 aliphatic carbocycles. The fraction of sp³-hybridized carbons (Fsp3) is 0.150. The Balaban J connectivity index is 2.04. The molecule has 0 saturated carbocycles. The van der Waals surface area contributed by atoms with Crippen molar-refractivity contribution in [2.24, 2.45) is 0 Å². The highest BCUT2D eigenvalue weighted by Gasteiger charge is 2.44. The van der Waals surface area contributed by atoms with Gasteiger partial charge in [-0.1, -0.05) is 42.5 Å². The third-order valence-corrected chi connectivity index (χ3v) is 4.58. The standard InChI is InChI=1S/C20H14FN3O2/c1-24-18(20(25)26)17(16(11-23)19(24)21)13-8-6-12(7-9-13)15-5-3-2-4-14(15)10-22/h2-9,17-18H,1H3,(H,25,26). The smallest absolute Gasteiger partial charge is 0.327 e. The molecule has 0 fully saturated rings. The van der Waals surface area contributed by atoms with E-state index in [2.05, 4.69) is 6.07 Å². The van der Waals surface area contributed by atoms with Crippen molar-refractivity contribution in [3.63, 3.8) is 0 Å². The minimum Gasteiger partial charge on any atom is -0.480 e. The van der Waals surface area contributed by atoms with Gasteiger partial charge in [0, 0.05) is 7.05 Å². The highest BCUT2D eigenvalue weighted by Crippen LogP contribution is 2.41. The summed E-state index contributed by atoms with van der Waals surface area (Å²) in [5.74, 6) is -2.90. The van der Waals surface area contributed by atoms with E-state index in [9.17, 15) is 24.8 Å². The van der Waals surface area contributed by atoms with Gasteiger partial charge in [0.1, 0.15) is 12.1 Å². The van der Waals surface area contributed by atoms with Crippen LogP contribution in [0.2, 0.25) is 0 Å². The predicted octanol–water partition coefficient (Wildman–Crippen LogP) is 3.41. The van der Waals surface area contributed by atoms with E-state index >= 15 is 0 Å². The van der Waals surface area contributed by atoms with E-state index in [-0.39, 0.29) is 5.57 Å². The third kappa shape index (κ3) is 2.68. The molecule has 1 N–H and O–H groups in total. The molecule has 2 atom stereocenters. The number of likely N-dealkylation sites (N-methyl/N-ethyl adjacent to an activating group) is 1. The van der Waals surface area contributed by atoms with E-state index in [1.165, 1.54) is 7.05 Å². The summed E-state index contributed by atoms with van der Waals surface area (Å²) < 4.78 is 14.3. The van der Waals surface area contributed by atoms with Gasteiger partial charge in [-0.3, -0.25) is 0 Å². The number of benzene rings is 2. The first-order valence-electron chi connectivity index (χ1n) is 7.84. The van der Waals surface area contributed by atoms with Crippen LogP contribution in [0.3, 0.4) is 0 Å². The molecule has 3 rings (SSSR count). The average molecular weight is 347 g/mol. The highest BCUT2D eigenvalue weighted by atomic mass is 19.1. The van der Waals surface area contributed by atoms with Crippen LogP contribution in [0.25, 0.3) is 11.1 Å². The van der Waals surface area contributed by atoms with Crippen molar-refractivity contribution < 1.29 is 14.3 Å². The van der Waals surface area contributed by atoms with Gasteiger partial charge in [0.25, 0.3) is 0 Å². The molecule has 0 amide bonds. The molecular formula is C20H14FN3O2. The molecule has 2 aromatic carbocycles. The lowest BCUT2D eigenvalue weighted by atomic mass is 9.86. The van der Waals surface area contributed by atoms with E-state index in [4.69, 9.17) is 0 Å². The van der Waals surface area contributed by atoms with Crippen LogP contribution in [0.5, 0.6) is 0 Å². The Labute approximate surface area is 149 Å². The van der Waals surface area contributed by atoms with Gasteiger partial charge >= 0.3 is 5.97 Å². The molecule has 0 bridgehead atoms. The Hall–Kier alpha value is -3.64. The second kappa shape index (κ2) is 6.70. The van der Waals surface area contributed by atoms with Crippen molar-refractivity contribution in [1.29, 1.82) is 10.5 Å². The second-order valence-electron chi connectivity index (χ2n) is 5.97. The Morgan fingerprint density at radius 2 is 1.77 bits per heavy atom. The normalized spacial score (nSPS) is 19.2. The summed E-state index contributed by atoms with van der Waals surface area (Å²) in [5.41, 5.74) is 2.40. The van der Waals surface area contributed by atoms with Gasteiger partial charge in [-0.15, -0.1) is 0 Å². The minimum atomic E-state index is -1.20. The summed E-state index contributed by atoms with van der Waals surface area (Å²) in [7, 11) is 1.32. The van der Waals surface area contributed by atoms with Crippen LogP contribution in [-0.4, -0.2) is 29.1 Å². The lowest BCUT2D eigenvalue weighted by Gasteiger charge is -2.23. The summed E-state index contributed by atoms with van der Waals surface area (Å²) in [5, 5.41) is 28.0. The number of nitriles is 2. The van der Waals surface area contributed by atoms with Gasteiger partial charge in [-0.25, -0.2) is 4.79 Å². The molecule has 5 nitrogen and oxygen atoms in total. The topological polar surface area (TPSA) is 88.1 Å². The number of carboxylic acid groups (broad SMARTS) is 1. The van der Waals surface area contributed by atoms with Crippen LogP contribution in [0.1, 0.15) is 17.0 Å². The van der Waals surface area contributed by atoms with E-state index in [1.54, 1.807) is 42.5 Å². The van der Waals surface area contributed by atoms with Gasteiger partial charge in [-0.2, -0.15) is 14.9 Å². The van der Waals surface area contributed by atoms with Crippen molar-refractivity contribution in [3.8, 4) is 23.3 Å². The summed E-state index contributed by atoms with van der Waals surface area (Å²) in [4.78, 5) is 12.6. The number of nitrogens with zero attached hydrogens (tertiary/aromatic N) is 3. The molecule has 1 heterocycles. The Morgan fingerprint density at radius 1 is 1.12 bits per heavy atom. The van der Waals surface area contributed by atoms with Crippen LogP contribution >= 0.6 is 0 Å². The van der Waals surface area contributed by atoms with Crippen LogP contribution in [0, 0.1) is 22.7 Å². The zero-order valence-corrected chi connectivity index (χ0v) is 13.8. The first-order chi connectivity index (χ1) is 12.5. The van der Waals surface area contributed by atoms with E-state index in [0.29, 0.717) is 11.1 Å². The number of rotatable bonds is 3. The monoisotopic (exact) mass is 347 g/mol. The van der Waals surface area contributed by atoms with E-state index in [1.807, 2.05) is 12.1 Å². The average Bonchev–Trinajstić information content (AvgIpc) is 2.92. The van der Waals surface area contributed by atoms with Crippen LogP contribution < -0.4 is 0 Å².